The van der Waals surface area contributed by atoms with Gasteiger partial charge in [-0.2, -0.15) is 4.98 Å². The molecular formula is C23H24N6. The SMILES string of the molecule is CN(C)c1nc2nc(-c3ccc(C4(N)CCC4)cc3)c(-c3ccccc3)cn2n1. The molecule has 6 nitrogen and oxygen atoms in total. The fourth-order valence-corrected chi connectivity index (χ4v) is 3.86. The lowest BCUT2D eigenvalue weighted by Gasteiger charge is -2.38. The summed E-state index contributed by atoms with van der Waals surface area (Å²) in [5.74, 6) is 1.22. The normalized spacial score (nSPS) is 15.3. The van der Waals surface area contributed by atoms with Crippen molar-refractivity contribution < 1.29 is 0 Å². The number of fused-ring (bicyclic) bond motifs is 1. The Kier molecular flexibility index (Phi) is 4.10. The molecule has 1 saturated carbocycles. The van der Waals surface area contributed by atoms with Crippen LogP contribution in [-0.4, -0.2) is 33.7 Å². The lowest BCUT2D eigenvalue weighted by molar-refractivity contribution is 0.253. The van der Waals surface area contributed by atoms with Gasteiger partial charge in [0, 0.05) is 37.0 Å². The largest absolute Gasteiger partial charge is 0.346 e. The molecule has 0 aliphatic heterocycles. The van der Waals surface area contributed by atoms with Gasteiger partial charge in [-0.1, -0.05) is 54.6 Å². The highest BCUT2D eigenvalue weighted by atomic mass is 15.4. The molecule has 6 heteroatoms. The highest BCUT2D eigenvalue weighted by Crippen LogP contribution is 2.39. The van der Waals surface area contributed by atoms with Crippen LogP contribution in [0.4, 0.5) is 5.95 Å². The Labute approximate surface area is 170 Å². The van der Waals surface area contributed by atoms with Crippen molar-refractivity contribution in [2.24, 2.45) is 5.73 Å². The van der Waals surface area contributed by atoms with Gasteiger partial charge in [-0.25, -0.2) is 9.50 Å². The summed E-state index contributed by atoms with van der Waals surface area (Å²) in [7, 11) is 3.85. The quantitative estimate of drug-likeness (QED) is 0.578. The summed E-state index contributed by atoms with van der Waals surface area (Å²) in [5.41, 5.74) is 11.6. The molecule has 1 aliphatic rings. The van der Waals surface area contributed by atoms with Gasteiger partial charge in [-0.3, -0.25) is 0 Å². The molecule has 4 aromatic rings. The summed E-state index contributed by atoms with van der Waals surface area (Å²) in [6.07, 6.45) is 5.32. The highest BCUT2D eigenvalue weighted by Gasteiger charge is 2.34. The van der Waals surface area contributed by atoms with Crippen LogP contribution in [0.25, 0.3) is 28.2 Å². The van der Waals surface area contributed by atoms with E-state index >= 15 is 0 Å². The molecule has 0 atom stereocenters. The average Bonchev–Trinajstić information content (AvgIpc) is 3.15. The van der Waals surface area contributed by atoms with E-state index in [4.69, 9.17) is 10.7 Å². The van der Waals surface area contributed by atoms with Gasteiger partial charge in [0.05, 0.1) is 5.69 Å². The Bertz CT molecular complexity index is 1160. The zero-order chi connectivity index (χ0) is 20.0. The Hall–Kier alpha value is -3.25. The summed E-state index contributed by atoms with van der Waals surface area (Å²) >= 11 is 0. The van der Waals surface area contributed by atoms with Crippen LogP contribution in [0.5, 0.6) is 0 Å². The number of aromatic nitrogens is 4. The fraction of sp³-hybridized carbons (Fsp3) is 0.261. The minimum Gasteiger partial charge on any atom is -0.346 e. The number of anilines is 1. The van der Waals surface area contributed by atoms with E-state index in [9.17, 15) is 0 Å². The summed E-state index contributed by atoms with van der Waals surface area (Å²) in [6, 6.07) is 18.8. The number of nitrogens with zero attached hydrogens (tertiary/aromatic N) is 5. The maximum absolute atomic E-state index is 6.50. The third-order valence-electron chi connectivity index (χ3n) is 5.78. The molecule has 2 heterocycles. The smallest absolute Gasteiger partial charge is 0.254 e. The molecule has 0 bridgehead atoms. The molecule has 2 aromatic carbocycles. The molecular weight excluding hydrogens is 360 g/mol. The first-order chi connectivity index (χ1) is 14.0. The van der Waals surface area contributed by atoms with Gasteiger partial charge in [-0.15, -0.1) is 5.10 Å². The van der Waals surface area contributed by atoms with E-state index in [2.05, 4.69) is 46.5 Å². The minimum atomic E-state index is -0.161. The van der Waals surface area contributed by atoms with Crippen molar-refractivity contribution in [3.63, 3.8) is 0 Å². The third-order valence-corrected chi connectivity index (χ3v) is 5.78. The number of benzene rings is 2. The van der Waals surface area contributed by atoms with Crippen molar-refractivity contribution in [3.05, 3.63) is 66.4 Å². The van der Waals surface area contributed by atoms with E-state index < -0.39 is 0 Å². The molecule has 0 saturated heterocycles. The number of hydrogen-bond acceptors (Lipinski definition) is 5. The molecule has 0 unspecified atom stereocenters. The topological polar surface area (TPSA) is 72.3 Å². The molecule has 146 valence electrons. The van der Waals surface area contributed by atoms with E-state index in [0.717, 1.165) is 35.2 Å². The summed E-state index contributed by atoms with van der Waals surface area (Å²) in [5, 5.41) is 4.55. The van der Waals surface area contributed by atoms with Gasteiger partial charge in [0.25, 0.3) is 5.78 Å². The van der Waals surface area contributed by atoms with Crippen LogP contribution in [0.1, 0.15) is 24.8 Å². The van der Waals surface area contributed by atoms with Crippen LogP contribution in [-0.2, 0) is 5.54 Å². The number of nitrogens with two attached hydrogens (primary N) is 1. The van der Waals surface area contributed by atoms with Crippen LogP contribution >= 0.6 is 0 Å². The first-order valence-electron chi connectivity index (χ1n) is 9.93. The molecule has 1 fully saturated rings. The van der Waals surface area contributed by atoms with Crippen molar-refractivity contribution in [1.82, 2.24) is 19.6 Å². The predicted molar refractivity (Wildman–Crippen MR) is 116 cm³/mol. The van der Waals surface area contributed by atoms with Gasteiger partial charge < -0.3 is 10.6 Å². The fourth-order valence-electron chi connectivity index (χ4n) is 3.86. The lowest BCUT2D eigenvalue weighted by atomic mass is 9.72. The molecule has 1 aliphatic carbocycles. The molecule has 0 radical (unpaired) electrons. The maximum atomic E-state index is 6.50. The molecule has 29 heavy (non-hydrogen) atoms. The zero-order valence-corrected chi connectivity index (χ0v) is 16.7. The number of rotatable bonds is 4. The second-order valence-electron chi connectivity index (χ2n) is 8.01. The van der Waals surface area contributed by atoms with Crippen molar-refractivity contribution in [3.8, 4) is 22.4 Å². The molecule has 5 rings (SSSR count). The average molecular weight is 384 g/mol. The highest BCUT2D eigenvalue weighted by molar-refractivity contribution is 5.81. The summed E-state index contributed by atoms with van der Waals surface area (Å²) in [4.78, 5) is 11.3. The second kappa shape index (κ2) is 6.67. The van der Waals surface area contributed by atoms with Crippen molar-refractivity contribution in [1.29, 1.82) is 0 Å². The standard InChI is InChI=1S/C23H24N6/c1-28(2)22-26-21-25-20(17-9-11-18(12-10-17)23(24)13-6-14-23)19(15-29(21)27-22)16-7-4-3-5-8-16/h3-5,7-12,15H,6,13-14,24H2,1-2H3. The van der Waals surface area contributed by atoms with Crippen LogP contribution in [0.2, 0.25) is 0 Å². The summed E-state index contributed by atoms with van der Waals surface area (Å²) < 4.78 is 1.75. The maximum Gasteiger partial charge on any atom is 0.254 e. The van der Waals surface area contributed by atoms with Gasteiger partial charge >= 0.3 is 0 Å². The van der Waals surface area contributed by atoms with E-state index in [1.807, 2.05) is 43.4 Å². The van der Waals surface area contributed by atoms with E-state index in [-0.39, 0.29) is 5.54 Å². The molecule has 2 N–H and O–H groups in total. The van der Waals surface area contributed by atoms with Gasteiger partial charge in [0.2, 0.25) is 5.95 Å². The van der Waals surface area contributed by atoms with Crippen molar-refractivity contribution >= 4 is 11.7 Å². The molecule has 0 spiro atoms. The van der Waals surface area contributed by atoms with Crippen molar-refractivity contribution in [2.75, 3.05) is 19.0 Å². The Morgan fingerprint density at radius 2 is 1.66 bits per heavy atom. The minimum absolute atomic E-state index is 0.161. The van der Waals surface area contributed by atoms with E-state index in [1.54, 1.807) is 4.52 Å². The van der Waals surface area contributed by atoms with Gasteiger partial charge in [0.1, 0.15) is 0 Å². The Morgan fingerprint density at radius 1 is 0.931 bits per heavy atom. The van der Waals surface area contributed by atoms with Gasteiger partial charge in [-0.05, 0) is 30.4 Å². The van der Waals surface area contributed by atoms with Crippen molar-refractivity contribution in [2.45, 2.75) is 24.8 Å². The lowest BCUT2D eigenvalue weighted by Crippen LogP contribution is -2.43. The van der Waals surface area contributed by atoms with Crippen LogP contribution < -0.4 is 10.6 Å². The predicted octanol–water partition coefficient (Wildman–Crippen LogP) is 3.86. The number of hydrogen-bond donors (Lipinski definition) is 1. The Morgan fingerprint density at radius 3 is 2.28 bits per heavy atom. The third kappa shape index (κ3) is 3.06. The second-order valence-corrected chi connectivity index (χ2v) is 8.01. The monoisotopic (exact) mass is 384 g/mol. The van der Waals surface area contributed by atoms with E-state index in [1.165, 1.54) is 12.0 Å². The molecule has 2 aromatic heterocycles. The Balaban J connectivity index is 1.66. The van der Waals surface area contributed by atoms with Gasteiger partial charge in [0.15, 0.2) is 0 Å². The van der Waals surface area contributed by atoms with E-state index in [0.29, 0.717) is 11.7 Å². The zero-order valence-electron chi connectivity index (χ0n) is 16.7. The first kappa shape index (κ1) is 17.8. The first-order valence-corrected chi connectivity index (χ1v) is 9.93. The van der Waals surface area contributed by atoms with Crippen LogP contribution in [0.15, 0.2) is 60.8 Å². The summed E-state index contributed by atoms with van der Waals surface area (Å²) in [6.45, 7) is 0. The molecule has 0 amide bonds. The van der Waals surface area contributed by atoms with Crippen LogP contribution in [0.3, 0.4) is 0 Å². The van der Waals surface area contributed by atoms with Crippen LogP contribution in [0, 0.1) is 0 Å².